The molecule has 0 aliphatic rings. The number of hydrogen-bond donors (Lipinski definition) is 2. The number of amides is 1. The summed E-state index contributed by atoms with van der Waals surface area (Å²) < 4.78 is 28.5. The summed E-state index contributed by atoms with van der Waals surface area (Å²) in [6.07, 6.45) is 0.203. The lowest BCUT2D eigenvalue weighted by atomic mass is 10.1. The Kier molecular flexibility index (Phi) is 6.98. The molecule has 0 saturated heterocycles. The van der Waals surface area contributed by atoms with E-state index >= 15 is 0 Å². The van der Waals surface area contributed by atoms with Gasteiger partial charge in [0.25, 0.3) is 0 Å². The van der Waals surface area contributed by atoms with Crippen molar-refractivity contribution in [2.24, 2.45) is 0 Å². The largest absolute Gasteiger partial charge is 0.301 e. The molecule has 1 aromatic heterocycles. The van der Waals surface area contributed by atoms with Gasteiger partial charge in [-0.05, 0) is 31.0 Å². The Morgan fingerprint density at radius 2 is 1.58 bits per heavy atom. The maximum absolute atomic E-state index is 13.2. The molecule has 0 aliphatic carbocycles. The van der Waals surface area contributed by atoms with Crippen molar-refractivity contribution in [2.75, 3.05) is 5.32 Å². The number of benzene rings is 3. The molecule has 1 heterocycles. The summed E-state index contributed by atoms with van der Waals surface area (Å²) in [7, 11) is -3.90. The van der Waals surface area contributed by atoms with E-state index in [0.29, 0.717) is 5.13 Å². The Hall–Kier alpha value is -3.33. The number of hydrogen-bond acceptors (Lipinski definition) is 5. The van der Waals surface area contributed by atoms with Gasteiger partial charge >= 0.3 is 0 Å². The van der Waals surface area contributed by atoms with Crippen LogP contribution in [0.1, 0.15) is 11.1 Å². The van der Waals surface area contributed by atoms with Crippen LogP contribution in [0.2, 0.25) is 0 Å². The molecular formula is C25H23N3O3S2. The standard InChI is InChI=1S/C25H23N3O3S2/c1-18-12-14-21(15-13-18)33(30,31)28-22(16-19-8-4-2-5-9-19)24(29)27-25-26-23(17-32-25)20-10-6-3-7-11-20/h2-15,17,22,28H,16H2,1H3,(H,26,27,29)/t22-/m0/s1. The van der Waals surface area contributed by atoms with Crippen molar-refractivity contribution in [3.05, 3.63) is 101 Å². The SMILES string of the molecule is Cc1ccc(S(=O)(=O)N[C@@H](Cc2ccccc2)C(=O)Nc2nc(-c3ccccc3)cs2)cc1. The Bertz CT molecular complexity index is 1320. The van der Waals surface area contributed by atoms with Crippen molar-refractivity contribution in [1.29, 1.82) is 0 Å². The number of aromatic nitrogens is 1. The number of rotatable bonds is 8. The van der Waals surface area contributed by atoms with Crippen molar-refractivity contribution < 1.29 is 13.2 Å². The van der Waals surface area contributed by atoms with Gasteiger partial charge in [0.15, 0.2) is 5.13 Å². The summed E-state index contributed by atoms with van der Waals surface area (Å²) in [6, 6.07) is 24.4. The summed E-state index contributed by atoms with van der Waals surface area (Å²) in [5.41, 5.74) is 3.48. The van der Waals surface area contributed by atoms with Crippen molar-refractivity contribution in [1.82, 2.24) is 9.71 Å². The molecule has 0 bridgehead atoms. The molecule has 1 atom stereocenters. The smallest absolute Gasteiger partial charge is 0.244 e. The maximum atomic E-state index is 13.2. The molecular weight excluding hydrogens is 454 g/mol. The lowest BCUT2D eigenvalue weighted by Gasteiger charge is -2.18. The molecule has 0 spiro atoms. The fourth-order valence-corrected chi connectivity index (χ4v) is 5.19. The van der Waals surface area contributed by atoms with E-state index in [9.17, 15) is 13.2 Å². The number of aryl methyl sites for hydroxylation is 1. The first kappa shape index (κ1) is 22.8. The van der Waals surface area contributed by atoms with E-state index in [2.05, 4.69) is 15.0 Å². The number of nitrogens with zero attached hydrogens (tertiary/aromatic N) is 1. The molecule has 6 nitrogen and oxygen atoms in total. The van der Waals surface area contributed by atoms with Crippen LogP contribution in [0.25, 0.3) is 11.3 Å². The normalized spacial score (nSPS) is 12.3. The highest BCUT2D eigenvalue weighted by molar-refractivity contribution is 7.89. The van der Waals surface area contributed by atoms with E-state index in [1.165, 1.54) is 23.5 Å². The van der Waals surface area contributed by atoms with E-state index < -0.39 is 22.0 Å². The number of thiazole rings is 1. The quantitative estimate of drug-likeness (QED) is 0.387. The maximum Gasteiger partial charge on any atom is 0.244 e. The van der Waals surface area contributed by atoms with Gasteiger partial charge in [-0.25, -0.2) is 13.4 Å². The van der Waals surface area contributed by atoms with E-state index in [1.807, 2.05) is 73.0 Å². The van der Waals surface area contributed by atoms with Gasteiger partial charge in [-0.2, -0.15) is 4.72 Å². The van der Waals surface area contributed by atoms with Crippen LogP contribution in [-0.2, 0) is 21.2 Å². The van der Waals surface area contributed by atoms with Crippen molar-refractivity contribution in [2.45, 2.75) is 24.3 Å². The summed E-state index contributed by atoms with van der Waals surface area (Å²) in [5.74, 6) is -0.469. The summed E-state index contributed by atoms with van der Waals surface area (Å²) in [4.78, 5) is 17.7. The Morgan fingerprint density at radius 1 is 0.939 bits per heavy atom. The van der Waals surface area contributed by atoms with Gasteiger partial charge in [-0.15, -0.1) is 11.3 Å². The monoisotopic (exact) mass is 477 g/mol. The zero-order valence-electron chi connectivity index (χ0n) is 17.9. The Morgan fingerprint density at radius 3 is 2.24 bits per heavy atom. The van der Waals surface area contributed by atoms with E-state index in [-0.39, 0.29) is 11.3 Å². The van der Waals surface area contributed by atoms with E-state index in [1.54, 1.807) is 12.1 Å². The number of anilines is 1. The van der Waals surface area contributed by atoms with Gasteiger partial charge in [0.1, 0.15) is 6.04 Å². The summed E-state index contributed by atoms with van der Waals surface area (Å²) in [5, 5.41) is 5.04. The molecule has 3 aromatic carbocycles. The molecule has 8 heteroatoms. The first-order chi connectivity index (χ1) is 15.9. The lowest BCUT2D eigenvalue weighted by Crippen LogP contribution is -2.45. The van der Waals surface area contributed by atoms with E-state index in [4.69, 9.17) is 0 Å². The third kappa shape index (κ3) is 5.92. The van der Waals surface area contributed by atoms with E-state index in [0.717, 1.165) is 22.4 Å². The van der Waals surface area contributed by atoms with Gasteiger partial charge in [0.05, 0.1) is 10.6 Å². The predicted octanol–water partition coefficient (Wildman–Crippen LogP) is 4.65. The molecule has 0 saturated carbocycles. The van der Waals surface area contributed by atoms with Gasteiger partial charge < -0.3 is 5.32 Å². The zero-order valence-corrected chi connectivity index (χ0v) is 19.6. The highest BCUT2D eigenvalue weighted by Crippen LogP contribution is 2.25. The molecule has 33 heavy (non-hydrogen) atoms. The Balaban J connectivity index is 1.56. The first-order valence-electron chi connectivity index (χ1n) is 10.4. The minimum Gasteiger partial charge on any atom is -0.301 e. The molecule has 0 radical (unpaired) electrons. The number of carbonyl (C=O) groups is 1. The summed E-state index contributed by atoms with van der Waals surface area (Å²) in [6.45, 7) is 1.88. The van der Waals surface area contributed by atoms with Gasteiger partial charge in [-0.1, -0.05) is 78.4 Å². The van der Waals surface area contributed by atoms with Gasteiger partial charge in [-0.3, -0.25) is 4.79 Å². The molecule has 168 valence electrons. The minimum absolute atomic E-state index is 0.111. The third-order valence-corrected chi connectivity index (χ3v) is 7.28. The molecule has 4 aromatic rings. The fraction of sp³-hybridized carbons (Fsp3) is 0.120. The van der Waals surface area contributed by atoms with Crippen LogP contribution >= 0.6 is 11.3 Å². The second-order valence-corrected chi connectivity index (χ2v) is 10.1. The van der Waals surface area contributed by atoms with Crippen LogP contribution in [-0.4, -0.2) is 25.4 Å². The Labute approximate surface area is 197 Å². The van der Waals surface area contributed by atoms with Crippen LogP contribution in [0.3, 0.4) is 0 Å². The van der Waals surface area contributed by atoms with Crippen molar-refractivity contribution in [3.63, 3.8) is 0 Å². The number of carbonyl (C=O) groups excluding carboxylic acids is 1. The fourth-order valence-electron chi connectivity index (χ4n) is 3.28. The summed E-state index contributed by atoms with van der Waals surface area (Å²) >= 11 is 1.29. The lowest BCUT2D eigenvalue weighted by molar-refractivity contribution is -0.117. The molecule has 4 rings (SSSR count). The molecule has 2 N–H and O–H groups in total. The highest BCUT2D eigenvalue weighted by atomic mass is 32.2. The minimum atomic E-state index is -3.90. The highest BCUT2D eigenvalue weighted by Gasteiger charge is 2.27. The zero-order chi connectivity index (χ0) is 23.3. The van der Waals surface area contributed by atoms with Gasteiger partial charge in [0, 0.05) is 10.9 Å². The van der Waals surface area contributed by atoms with Crippen LogP contribution in [0.4, 0.5) is 5.13 Å². The molecule has 0 fully saturated rings. The van der Waals surface area contributed by atoms with Crippen LogP contribution in [0.15, 0.2) is 95.2 Å². The van der Waals surface area contributed by atoms with Crippen molar-refractivity contribution >= 4 is 32.4 Å². The predicted molar refractivity (Wildman–Crippen MR) is 132 cm³/mol. The van der Waals surface area contributed by atoms with Crippen molar-refractivity contribution in [3.8, 4) is 11.3 Å². The van der Waals surface area contributed by atoms with Gasteiger partial charge in [0.2, 0.25) is 15.9 Å². The molecule has 0 unspecified atom stereocenters. The molecule has 1 amide bonds. The average Bonchev–Trinajstić information content (AvgIpc) is 3.28. The van der Waals surface area contributed by atoms with Crippen LogP contribution < -0.4 is 10.0 Å². The first-order valence-corrected chi connectivity index (χ1v) is 12.7. The second kappa shape index (κ2) is 10.1. The third-order valence-electron chi connectivity index (χ3n) is 5.03. The van der Waals surface area contributed by atoms with Crippen LogP contribution in [0, 0.1) is 6.92 Å². The second-order valence-electron chi connectivity index (χ2n) is 7.57. The van der Waals surface area contributed by atoms with Crippen LogP contribution in [0.5, 0.6) is 0 Å². The topological polar surface area (TPSA) is 88.2 Å². The number of nitrogens with one attached hydrogen (secondary N) is 2. The molecule has 0 aliphatic heterocycles. The average molecular weight is 478 g/mol. The number of sulfonamides is 1.